The van der Waals surface area contributed by atoms with Crippen LogP contribution in [0.25, 0.3) is 0 Å². The number of nitrogens with zero attached hydrogens (tertiary/aromatic N) is 1. The predicted octanol–water partition coefficient (Wildman–Crippen LogP) is 1.72. The average Bonchev–Trinajstić information content (AvgIpc) is 2.88. The molecule has 1 aliphatic heterocycles. The number of nitrogens with one attached hydrogen (secondary N) is 1. The quantitative estimate of drug-likeness (QED) is 0.674. The number of likely N-dealkylation sites (tertiary alicyclic amines) is 1. The Balaban J connectivity index is 1.55. The van der Waals surface area contributed by atoms with Gasteiger partial charge < -0.3 is 5.32 Å². The first-order valence-corrected chi connectivity index (χ1v) is 6.20. The Hall–Kier alpha value is -0.0800. The molecule has 2 heteroatoms. The lowest BCUT2D eigenvalue weighted by molar-refractivity contribution is 0.264. The Morgan fingerprint density at radius 3 is 2.64 bits per heavy atom. The molecule has 1 saturated carbocycles. The Labute approximate surface area is 88.1 Å². The summed E-state index contributed by atoms with van der Waals surface area (Å²) in [7, 11) is 0. The molecule has 0 spiro atoms. The second kappa shape index (κ2) is 4.63. The summed E-state index contributed by atoms with van der Waals surface area (Å²) in [5.41, 5.74) is 0. The Bertz CT molecular complexity index is 177. The highest BCUT2D eigenvalue weighted by molar-refractivity contribution is 4.81. The summed E-state index contributed by atoms with van der Waals surface area (Å²) in [6, 6.07) is 0.813. The third-order valence-corrected chi connectivity index (χ3v) is 3.62. The monoisotopic (exact) mass is 196 g/mol. The molecule has 14 heavy (non-hydrogen) atoms. The van der Waals surface area contributed by atoms with Crippen LogP contribution < -0.4 is 5.32 Å². The van der Waals surface area contributed by atoms with Gasteiger partial charge in [-0.1, -0.05) is 6.92 Å². The molecule has 0 amide bonds. The number of hydrogen-bond acceptors (Lipinski definition) is 2. The molecule has 2 unspecified atom stereocenters. The minimum atomic E-state index is 0.813. The van der Waals surface area contributed by atoms with Crippen LogP contribution in [0.1, 0.15) is 33.1 Å². The fourth-order valence-corrected chi connectivity index (χ4v) is 2.55. The molecule has 1 aliphatic carbocycles. The van der Waals surface area contributed by atoms with E-state index in [1.807, 2.05) is 0 Å². The molecule has 2 atom stereocenters. The zero-order valence-electron chi connectivity index (χ0n) is 9.63. The Morgan fingerprint density at radius 2 is 2.07 bits per heavy atom. The van der Waals surface area contributed by atoms with E-state index in [2.05, 4.69) is 24.1 Å². The molecular weight excluding hydrogens is 172 g/mol. The van der Waals surface area contributed by atoms with E-state index in [1.54, 1.807) is 0 Å². The lowest BCUT2D eigenvalue weighted by Gasteiger charge is -2.20. The molecule has 2 fully saturated rings. The summed E-state index contributed by atoms with van der Waals surface area (Å²) >= 11 is 0. The van der Waals surface area contributed by atoms with Gasteiger partial charge in [0.25, 0.3) is 0 Å². The molecule has 2 rings (SSSR count). The summed E-state index contributed by atoms with van der Waals surface area (Å²) in [5, 5.41) is 3.57. The minimum Gasteiger partial charge on any atom is -0.315 e. The standard InChI is InChI=1S/C12H24N2/c1-10-7-11(2)14(9-10)6-5-13-8-12-3-4-12/h10-13H,3-9H2,1-2H3. The van der Waals surface area contributed by atoms with Crippen LogP contribution in [0.4, 0.5) is 0 Å². The lowest BCUT2D eigenvalue weighted by atomic mass is 10.1. The fourth-order valence-electron chi connectivity index (χ4n) is 2.55. The van der Waals surface area contributed by atoms with Crippen LogP contribution >= 0.6 is 0 Å². The average molecular weight is 196 g/mol. The van der Waals surface area contributed by atoms with Crippen molar-refractivity contribution in [3.8, 4) is 0 Å². The summed E-state index contributed by atoms with van der Waals surface area (Å²) in [6.07, 6.45) is 4.32. The van der Waals surface area contributed by atoms with Gasteiger partial charge in [-0.15, -0.1) is 0 Å². The van der Waals surface area contributed by atoms with Gasteiger partial charge in [-0.2, -0.15) is 0 Å². The molecule has 2 nitrogen and oxygen atoms in total. The second-order valence-electron chi connectivity index (χ2n) is 5.33. The van der Waals surface area contributed by atoms with Gasteiger partial charge in [-0.25, -0.2) is 0 Å². The van der Waals surface area contributed by atoms with Crippen molar-refractivity contribution in [1.82, 2.24) is 10.2 Å². The number of rotatable bonds is 5. The van der Waals surface area contributed by atoms with Gasteiger partial charge in [0, 0.05) is 25.7 Å². The van der Waals surface area contributed by atoms with Crippen LogP contribution in [0.5, 0.6) is 0 Å². The summed E-state index contributed by atoms with van der Waals surface area (Å²) in [5.74, 6) is 1.93. The third kappa shape index (κ3) is 2.96. The van der Waals surface area contributed by atoms with Gasteiger partial charge in [0.15, 0.2) is 0 Å². The van der Waals surface area contributed by atoms with Crippen LogP contribution in [-0.4, -0.2) is 37.1 Å². The van der Waals surface area contributed by atoms with Gasteiger partial charge in [-0.05, 0) is 44.6 Å². The van der Waals surface area contributed by atoms with Crippen LogP contribution in [-0.2, 0) is 0 Å². The van der Waals surface area contributed by atoms with Gasteiger partial charge in [0.1, 0.15) is 0 Å². The fraction of sp³-hybridized carbons (Fsp3) is 1.00. The van der Waals surface area contributed by atoms with Crippen molar-refractivity contribution < 1.29 is 0 Å². The molecule has 82 valence electrons. The van der Waals surface area contributed by atoms with E-state index < -0.39 is 0 Å². The van der Waals surface area contributed by atoms with E-state index in [-0.39, 0.29) is 0 Å². The van der Waals surface area contributed by atoms with Crippen molar-refractivity contribution in [3.05, 3.63) is 0 Å². The molecule has 1 N–H and O–H groups in total. The SMILES string of the molecule is CC1CC(C)N(CCNCC2CC2)C1. The topological polar surface area (TPSA) is 15.3 Å². The second-order valence-corrected chi connectivity index (χ2v) is 5.33. The zero-order valence-corrected chi connectivity index (χ0v) is 9.63. The van der Waals surface area contributed by atoms with Crippen molar-refractivity contribution in [1.29, 1.82) is 0 Å². The molecule has 2 aliphatic rings. The smallest absolute Gasteiger partial charge is 0.0110 e. The molecule has 1 heterocycles. The van der Waals surface area contributed by atoms with E-state index >= 15 is 0 Å². The van der Waals surface area contributed by atoms with E-state index in [1.165, 1.54) is 45.4 Å². The van der Waals surface area contributed by atoms with Crippen LogP contribution in [0, 0.1) is 11.8 Å². The molecule has 0 aromatic heterocycles. The first kappa shape index (κ1) is 10.4. The Kier molecular flexibility index (Phi) is 3.45. The maximum Gasteiger partial charge on any atom is 0.0110 e. The van der Waals surface area contributed by atoms with Crippen molar-refractivity contribution in [2.45, 2.75) is 39.2 Å². The predicted molar refractivity (Wildman–Crippen MR) is 60.4 cm³/mol. The maximum atomic E-state index is 3.57. The summed E-state index contributed by atoms with van der Waals surface area (Å²) < 4.78 is 0. The summed E-state index contributed by atoms with van der Waals surface area (Å²) in [6.45, 7) is 9.74. The molecule has 0 bridgehead atoms. The van der Waals surface area contributed by atoms with Crippen LogP contribution in [0.2, 0.25) is 0 Å². The minimum absolute atomic E-state index is 0.813. The molecular formula is C12H24N2. The van der Waals surface area contributed by atoms with E-state index in [0.717, 1.165) is 17.9 Å². The van der Waals surface area contributed by atoms with E-state index in [9.17, 15) is 0 Å². The molecule has 0 aromatic carbocycles. The highest BCUT2D eigenvalue weighted by Crippen LogP contribution is 2.27. The first-order chi connectivity index (χ1) is 6.75. The molecule has 0 radical (unpaired) electrons. The number of hydrogen-bond donors (Lipinski definition) is 1. The molecule has 1 saturated heterocycles. The van der Waals surface area contributed by atoms with E-state index in [0.29, 0.717) is 0 Å². The van der Waals surface area contributed by atoms with Gasteiger partial charge in [-0.3, -0.25) is 4.90 Å². The van der Waals surface area contributed by atoms with Crippen LogP contribution in [0.15, 0.2) is 0 Å². The van der Waals surface area contributed by atoms with Crippen LogP contribution in [0.3, 0.4) is 0 Å². The van der Waals surface area contributed by atoms with Crippen molar-refractivity contribution in [3.63, 3.8) is 0 Å². The summed E-state index contributed by atoms with van der Waals surface area (Å²) in [4.78, 5) is 2.63. The Morgan fingerprint density at radius 1 is 1.29 bits per heavy atom. The highest BCUT2D eigenvalue weighted by atomic mass is 15.2. The zero-order chi connectivity index (χ0) is 9.97. The first-order valence-electron chi connectivity index (χ1n) is 6.20. The third-order valence-electron chi connectivity index (χ3n) is 3.62. The highest BCUT2D eigenvalue weighted by Gasteiger charge is 2.25. The van der Waals surface area contributed by atoms with E-state index in [4.69, 9.17) is 0 Å². The maximum absolute atomic E-state index is 3.57. The lowest BCUT2D eigenvalue weighted by Crippen LogP contribution is -2.35. The van der Waals surface area contributed by atoms with Gasteiger partial charge in [0.2, 0.25) is 0 Å². The van der Waals surface area contributed by atoms with Crippen molar-refractivity contribution >= 4 is 0 Å². The largest absolute Gasteiger partial charge is 0.315 e. The van der Waals surface area contributed by atoms with Crippen molar-refractivity contribution in [2.75, 3.05) is 26.2 Å². The molecule has 0 aromatic rings. The normalized spacial score (nSPS) is 33.9. The van der Waals surface area contributed by atoms with Crippen molar-refractivity contribution in [2.24, 2.45) is 11.8 Å². The van der Waals surface area contributed by atoms with Gasteiger partial charge in [0.05, 0.1) is 0 Å². The van der Waals surface area contributed by atoms with Gasteiger partial charge >= 0.3 is 0 Å².